The maximum Gasteiger partial charge on any atom is 0.0949 e. The van der Waals surface area contributed by atoms with Crippen LogP contribution in [-0.4, -0.2) is 14.9 Å². The van der Waals surface area contributed by atoms with Gasteiger partial charge in [-0.1, -0.05) is 15.9 Å². The molecule has 62 valence electrons. The summed E-state index contributed by atoms with van der Waals surface area (Å²) in [5.74, 6) is 0. The number of aryl methyl sites for hydroxylation is 2. The maximum atomic E-state index is 4.15. The highest BCUT2D eigenvalue weighted by atomic mass is 79.9. The van der Waals surface area contributed by atoms with E-state index in [0.29, 0.717) is 0 Å². The van der Waals surface area contributed by atoms with Gasteiger partial charge < -0.3 is 4.57 Å². The summed E-state index contributed by atoms with van der Waals surface area (Å²) in [5, 5.41) is 1.10. The van der Waals surface area contributed by atoms with Crippen molar-refractivity contribution >= 4 is 15.9 Å². The molecular formula is C8H13BrN2. The molecule has 0 spiro atoms. The fraction of sp³-hybridized carbons (Fsp3) is 0.625. The third-order valence-corrected chi connectivity index (χ3v) is 2.12. The van der Waals surface area contributed by atoms with Crippen molar-refractivity contribution in [3.63, 3.8) is 0 Å². The van der Waals surface area contributed by atoms with Crippen molar-refractivity contribution in [3.05, 3.63) is 18.2 Å². The topological polar surface area (TPSA) is 17.8 Å². The van der Waals surface area contributed by atoms with Gasteiger partial charge in [0.15, 0.2) is 0 Å². The second-order valence-corrected chi connectivity index (χ2v) is 3.44. The summed E-state index contributed by atoms with van der Waals surface area (Å²) in [6.45, 7) is 3.10. The SMILES string of the molecule is Cc1cn(CCCCBr)cn1. The van der Waals surface area contributed by atoms with Crippen LogP contribution in [0.4, 0.5) is 0 Å². The molecule has 0 aliphatic carbocycles. The maximum absolute atomic E-state index is 4.15. The lowest BCUT2D eigenvalue weighted by atomic mass is 10.3. The summed E-state index contributed by atoms with van der Waals surface area (Å²) in [4.78, 5) is 4.15. The van der Waals surface area contributed by atoms with Crippen LogP contribution in [0.2, 0.25) is 0 Å². The summed E-state index contributed by atoms with van der Waals surface area (Å²) in [6, 6.07) is 0. The molecule has 0 unspecified atom stereocenters. The Morgan fingerprint density at radius 3 is 2.91 bits per heavy atom. The molecule has 0 saturated carbocycles. The van der Waals surface area contributed by atoms with Gasteiger partial charge in [-0.15, -0.1) is 0 Å². The van der Waals surface area contributed by atoms with E-state index in [1.807, 2.05) is 13.3 Å². The van der Waals surface area contributed by atoms with E-state index in [-0.39, 0.29) is 0 Å². The molecule has 0 fully saturated rings. The molecule has 0 aromatic carbocycles. The number of aromatic nitrogens is 2. The molecule has 1 rings (SSSR count). The number of halogens is 1. The second-order valence-electron chi connectivity index (χ2n) is 2.65. The number of hydrogen-bond donors (Lipinski definition) is 0. The molecule has 11 heavy (non-hydrogen) atoms. The number of nitrogens with zero attached hydrogens (tertiary/aromatic N) is 2. The average molecular weight is 217 g/mol. The molecule has 0 aliphatic rings. The second kappa shape index (κ2) is 4.54. The summed E-state index contributed by atoms with van der Waals surface area (Å²) in [7, 11) is 0. The lowest BCUT2D eigenvalue weighted by molar-refractivity contribution is 0.635. The average Bonchev–Trinajstić information content (AvgIpc) is 2.37. The number of rotatable bonds is 4. The Morgan fingerprint density at radius 2 is 2.36 bits per heavy atom. The summed E-state index contributed by atoms with van der Waals surface area (Å²) in [5.41, 5.74) is 1.10. The molecule has 1 aromatic heterocycles. The Balaban J connectivity index is 2.27. The lowest BCUT2D eigenvalue weighted by Crippen LogP contribution is -1.94. The van der Waals surface area contributed by atoms with Gasteiger partial charge in [0.2, 0.25) is 0 Å². The largest absolute Gasteiger partial charge is 0.337 e. The first-order chi connectivity index (χ1) is 5.33. The zero-order valence-electron chi connectivity index (χ0n) is 6.76. The Bertz CT molecular complexity index is 208. The normalized spacial score (nSPS) is 10.4. The Hall–Kier alpha value is -0.310. The van der Waals surface area contributed by atoms with E-state index in [1.165, 1.54) is 12.8 Å². The van der Waals surface area contributed by atoms with Gasteiger partial charge in [0.25, 0.3) is 0 Å². The zero-order chi connectivity index (χ0) is 8.10. The van der Waals surface area contributed by atoms with Gasteiger partial charge in [-0.25, -0.2) is 4.98 Å². The van der Waals surface area contributed by atoms with Gasteiger partial charge in [0, 0.05) is 18.1 Å². The van der Waals surface area contributed by atoms with E-state index in [9.17, 15) is 0 Å². The van der Waals surface area contributed by atoms with E-state index in [1.54, 1.807) is 0 Å². The molecule has 0 N–H and O–H groups in total. The molecule has 0 aliphatic heterocycles. The molecule has 1 heterocycles. The predicted molar refractivity (Wildman–Crippen MR) is 50.0 cm³/mol. The van der Waals surface area contributed by atoms with Crippen molar-refractivity contribution in [1.29, 1.82) is 0 Å². The van der Waals surface area contributed by atoms with Crippen molar-refractivity contribution in [3.8, 4) is 0 Å². The molecule has 0 radical (unpaired) electrons. The van der Waals surface area contributed by atoms with Crippen LogP contribution >= 0.6 is 15.9 Å². The Kier molecular flexibility index (Phi) is 3.63. The quantitative estimate of drug-likeness (QED) is 0.559. The standard InChI is InChI=1S/C8H13BrN2/c1-8-6-11(7-10-8)5-3-2-4-9/h6-7H,2-5H2,1H3. The third-order valence-electron chi connectivity index (χ3n) is 1.56. The van der Waals surface area contributed by atoms with Crippen molar-refractivity contribution in [2.45, 2.75) is 26.3 Å². The molecular weight excluding hydrogens is 204 g/mol. The van der Waals surface area contributed by atoms with Gasteiger partial charge in [0.05, 0.1) is 12.0 Å². The number of unbranched alkanes of at least 4 members (excludes halogenated alkanes) is 1. The van der Waals surface area contributed by atoms with E-state index in [4.69, 9.17) is 0 Å². The lowest BCUT2D eigenvalue weighted by Gasteiger charge is -1.98. The molecule has 0 saturated heterocycles. The van der Waals surface area contributed by atoms with Gasteiger partial charge in [0.1, 0.15) is 0 Å². The van der Waals surface area contributed by atoms with E-state index < -0.39 is 0 Å². The van der Waals surface area contributed by atoms with Crippen LogP contribution in [0.5, 0.6) is 0 Å². The van der Waals surface area contributed by atoms with Crippen LogP contribution in [0, 0.1) is 6.92 Å². The minimum atomic E-state index is 1.09. The highest BCUT2D eigenvalue weighted by Crippen LogP contribution is 1.99. The molecule has 0 bridgehead atoms. The van der Waals surface area contributed by atoms with Crippen molar-refractivity contribution in [1.82, 2.24) is 9.55 Å². The van der Waals surface area contributed by atoms with Crippen molar-refractivity contribution in [2.24, 2.45) is 0 Å². The Morgan fingerprint density at radius 1 is 1.55 bits per heavy atom. The third kappa shape index (κ3) is 3.06. The monoisotopic (exact) mass is 216 g/mol. The minimum absolute atomic E-state index is 1.09. The molecule has 3 heteroatoms. The van der Waals surface area contributed by atoms with Crippen LogP contribution in [0.25, 0.3) is 0 Å². The van der Waals surface area contributed by atoms with Crippen LogP contribution in [0.1, 0.15) is 18.5 Å². The first kappa shape index (κ1) is 8.78. The van der Waals surface area contributed by atoms with Crippen molar-refractivity contribution in [2.75, 3.05) is 5.33 Å². The zero-order valence-corrected chi connectivity index (χ0v) is 8.34. The molecule has 1 aromatic rings. The van der Waals surface area contributed by atoms with Gasteiger partial charge >= 0.3 is 0 Å². The number of imidazole rings is 1. The highest BCUT2D eigenvalue weighted by molar-refractivity contribution is 9.09. The first-order valence-electron chi connectivity index (χ1n) is 3.87. The summed E-state index contributed by atoms with van der Waals surface area (Å²) < 4.78 is 2.14. The summed E-state index contributed by atoms with van der Waals surface area (Å²) in [6.07, 6.45) is 6.43. The highest BCUT2D eigenvalue weighted by Gasteiger charge is 1.91. The molecule has 0 atom stereocenters. The minimum Gasteiger partial charge on any atom is -0.337 e. The van der Waals surface area contributed by atoms with Crippen LogP contribution < -0.4 is 0 Å². The van der Waals surface area contributed by atoms with E-state index in [2.05, 4.69) is 31.7 Å². The van der Waals surface area contributed by atoms with E-state index in [0.717, 1.165) is 17.6 Å². The van der Waals surface area contributed by atoms with Gasteiger partial charge in [-0.2, -0.15) is 0 Å². The smallest absolute Gasteiger partial charge is 0.0949 e. The summed E-state index contributed by atoms with van der Waals surface area (Å²) >= 11 is 3.40. The molecule has 0 amide bonds. The van der Waals surface area contributed by atoms with Crippen LogP contribution in [0.15, 0.2) is 12.5 Å². The first-order valence-corrected chi connectivity index (χ1v) is 4.99. The number of alkyl halides is 1. The van der Waals surface area contributed by atoms with Gasteiger partial charge in [-0.3, -0.25) is 0 Å². The fourth-order valence-electron chi connectivity index (χ4n) is 0.983. The van der Waals surface area contributed by atoms with Crippen LogP contribution in [0.3, 0.4) is 0 Å². The van der Waals surface area contributed by atoms with Gasteiger partial charge in [-0.05, 0) is 19.8 Å². The van der Waals surface area contributed by atoms with Crippen LogP contribution in [-0.2, 0) is 6.54 Å². The predicted octanol–water partition coefficient (Wildman–Crippen LogP) is 2.37. The number of hydrogen-bond acceptors (Lipinski definition) is 1. The van der Waals surface area contributed by atoms with Crippen molar-refractivity contribution < 1.29 is 0 Å². The van der Waals surface area contributed by atoms with E-state index >= 15 is 0 Å². The molecule has 2 nitrogen and oxygen atoms in total. The fourth-order valence-corrected chi connectivity index (χ4v) is 1.38. The Labute approximate surface area is 75.8 Å².